The molecule has 29 heavy (non-hydrogen) atoms. The molecule has 0 bridgehead atoms. The zero-order valence-electron chi connectivity index (χ0n) is 16.3. The van der Waals surface area contributed by atoms with Crippen molar-refractivity contribution in [1.82, 2.24) is 4.31 Å². The van der Waals surface area contributed by atoms with Crippen LogP contribution in [0.3, 0.4) is 0 Å². The van der Waals surface area contributed by atoms with Gasteiger partial charge in [-0.15, -0.1) is 0 Å². The summed E-state index contributed by atoms with van der Waals surface area (Å²) in [6.45, 7) is 3.97. The first-order valence-electron chi connectivity index (χ1n) is 8.89. The van der Waals surface area contributed by atoms with E-state index in [0.29, 0.717) is 18.8 Å². The summed E-state index contributed by atoms with van der Waals surface area (Å²) >= 11 is 0. The molecule has 0 atom stereocenters. The molecular weight excluding hydrogens is 404 g/mol. The highest BCUT2D eigenvalue weighted by Crippen LogP contribution is 2.25. The number of methoxy groups -OCH3 is 1. The van der Waals surface area contributed by atoms with Crippen LogP contribution in [0.15, 0.2) is 41.3 Å². The lowest BCUT2D eigenvalue weighted by atomic mass is 10.2. The predicted molar refractivity (Wildman–Crippen MR) is 107 cm³/mol. The molecular formula is C19H23F2N3O4S. The van der Waals surface area contributed by atoms with Crippen molar-refractivity contribution in [3.8, 4) is 5.75 Å². The molecule has 0 aliphatic rings. The summed E-state index contributed by atoms with van der Waals surface area (Å²) in [5.74, 6) is -2.75. The van der Waals surface area contributed by atoms with Crippen LogP contribution in [0.4, 0.5) is 20.2 Å². The van der Waals surface area contributed by atoms with Gasteiger partial charge in [-0.1, -0.05) is 13.8 Å². The van der Waals surface area contributed by atoms with Crippen molar-refractivity contribution in [3.63, 3.8) is 0 Å². The molecule has 0 radical (unpaired) electrons. The SMILES string of the molecule is CCN(CC)S(=O)(=O)c1ccc(NC(=O)CNc2cc(F)c(OC)c(F)c2)cc1. The Labute approximate surface area is 168 Å². The summed E-state index contributed by atoms with van der Waals surface area (Å²) in [6, 6.07) is 7.79. The molecule has 0 saturated carbocycles. The van der Waals surface area contributed by atoms with Gasteiger partial charge in [0.1, 0.15) is 0 Å². The summed E-state index contributed by atoms with van der Waals surface area (Å²) in [5, 5.41) is 5.19. The highest BCUT2D eigenvalue weighted by atomic mass is 32.2. The van der Waals surface area contributed by atoms with Crippen molar-refractivity contribution >= 4 is 27.3 Å². The first kappa shape index (κ1) is 22.6. The van der Waals surface area contributed by atoms with Crippen molar-refractivity contribution in [2.45, 2.75) is 18.7 Å². The van der Waals surface area contributed by atoms with E-state index in [0.717, 1.165) is 19.2 Å². The van der Waals surface area contributed by atoms with Gasteiger partial charge in [0.25, 0.3) is 0 Å². The number of carbonyl (C=O) groups is 1. The maximum Gasteiger partial charge on any atom is 0.243 e. The smallest absolute Gasteiger partial charge is 0.243 e. The third kappa shape index (κ3) is 5.42. The third-order valence-electron chi connectivity index (χ3n) is 4.14. The van der Waals surface area contributed by atoms with Crippen LogP contribution >= 0.6 is 0 Å². The summed E-state index contributed by atoms with van der Waals surface area (Å²) in [6.07, 6.45) is 0. The van der Waals surface area contributed by atoms with Crippen molar-refractivity contribution in [2.75, 3.05) is 37.4 Å². The Bertz CT molecular complexity index is 939. The Morgan fingerprint density at radius 1 is 1.03 bits per heavy atom. The summed E-state index contributed by atoms with van der Waals surface area (Å²) in [4.78, 5) is 12.2. The van der Waals surface area contributed by atoms with Gasteiger partial charge < -0.3 is 15.4 Å². The van der Waals surface area contributed by atoms with E-state index < -0.39 is 33.3 Å². The second kappa shape index (κ2) is 9.66. The van der Waals surface area contributed by atoms with Crippen LogP contribution < -0.4 is 15.4 Å². The summed E-state index contributed by atoms with van der Waals surface area (Å²) < 4.78 is 58.2. The molecule has 158 valence electrons. The minimum absolute atomic E-state index is 0.0802. The van der Waals surface area contributed by atoms with Gasteiger partial charge in [-0.2, -0.15) is 4.31 Å². The third-order valence-corrected chi connectivity index (χ3v) is 6.20. The highest BCUT2D eigenvalue weighted by molar-refractivity contribution is 7.89. The van der Waals surface area contributed by atoms with E-state index in [2.05, 4.69) is 15.4 Å². The zero-order chi connectivity index (χ0) is 21.6. The van der Waals surface area contributed by atoms with Crippen molar-refractivity contribution in [3.05, 3.63) is 48.0 Å². The number of nitrogens with one attached hydrogen (secondary N) is 2. The fraction of sp³-hybridized carbons (Fsp3) is 0.316. The molecule has 0 aromatic heterocycles. The second-order valence-electron chi connectivity index (χ2n) is 5.99. The number of benzene rings is 2. The number of amides is 1. The maximum atomic E-state index is 13.7. The molecule has 0 spiro atoms. The van der Waals surface area contributed by atoms with E-state index in [1.54, 1.807) is 13.8 Å². The lowest BCUT2D eigenvalue weighted by molar-refractivity contribution is -0.114. The van der Waals surface area contributed by atoms with Gasteiger partial charge in [-0.3, -0.25) is 4.79 Å². The van der Waals surface area contributed by atoms with Crippen molar-refractivity contribution in [1.29, 1.82) is 0 Å². The van der Waals surface area contributed by atoms with Gasteiger partial charge in [0, 0.05) is 36.6 Å². The van der Waals surface area contributed by atoms with Gasteiger partial charge >= 0.3 is 0 Å². The molecule has 0 saturated heterocycles. The van der Waals surface area contributed by atoms with E-state index in [1.807, 2.05) is 0 Å². The molecule has 0 aliphatic carbocycles. The Balaban J connectivity index is 2.00. The topological polar surface area (TPSA) is 87.7 Å². The molecule has 2 N–H and O–H groups in total. The molecule has 2 rings (SSSR count). The molecule has 7 nitrogen and oxygen atoms in total. The number of hydrogen-bond acceptors (Lipinski definition) is 5. The van der Waals surface area contributed by atoms with E-state index in [-0.39, 0.29) is 17.1 Å². The Morgan fingerprint density at radius 2 is 1.59 bits per heavy atom. The molecule has 2 aromatic carbocycles. The maximum absolute atomic E-state index is 13.7. The zero-order valence-corrected chi connectivity index (χ0v) is 17.1. The molecule has 2 aromatic rings. The summed E-state index contributed by atoms with van der Waals surface area (Å²) in [7, 11) is -2.43. The average Bonchev–Trinajstić information content (AvgIpc) is 2.67. The van der Waals surface area contributed by atoms with Gasteiger partial charge in [0.05, 0.1) is 18.6 Å². The molecule has 0 heterocycles. The Morgan fingerprint density at radius 3 is 2.07 bits per heavy atom. The van der Waals surface area contributed by atoms with Crippen LogP contribution in [-0.2, 0) is 14.8 Å². The van der Waals surface area contributed by atoms with Crippen LogP contribution in [0.5, 0.6) is 5.75 Å². The number of rotatable bonds is 9. The predicted octanol–water partition coefficient (Wildman–Crippen LogP) is 3.05. The second-order valence-corrected chi connectivity index (χ2v) is 7.93. The van der Waals surface area contributed by atoms with Crippen LogP contribution in [-0.4, -0.2) is 45.4 Å². The van der Waals surface area contributed by atoms with Crippen LogP contribution in [0.1, 0.15) is 13.8 Å². The number of carbonyl (C=O) groups excluding carboxylic acids is 1. The monoisotopic (exact) mass is 427 g/mol. The lowest BCUT2D eigenvalue weighted by Gasteiger charge is -2.18. The number of hydrogen-bond donors (Lipinski definition) is 2. The normalized spacial score (nSPS) is 11.4. The van der Waals surface area contributed by atoms with Gasteiger partial charge in [-0.25, -0.2) is 17.2 Å². The molecule has 0 unspecified atom stereocenters. The average molecular weight is 427 g/mol. The van der Waals surface area contributed by atoms with E-state index in [9.17, 15) is 22.0 Å². The fourth-order valence-electron chi connectivity index (χ4n) is 2.67. The molecule has 10 heteroatoms. The number of nitrogens with zero attached hydrogens (tertiary/aromatic N) is 1. The Kier molecular flexibility index (Phi) is 7.52. The lowest BCUT2D eigenvalue weighted by Crippen LogP contribution is -2.30. The largest absolute Gasteiger partial charge is 0.491 e. The molecule has 1 amide bonds. The quantitative estimate of drug-likeness (QED) is 0.642. The summed E-state index contributed by atoms with van der Waals surface area (Å²) in [5.41, 5.74) is 0.471. The van der Waals surface area contributed by atoms with Crippen LogP contribution in [0.2, 0.25) is 0 Å². The van der Waals surface area contributed by atoms with Gasteiger partial charge in [-0.05, 0) is 24.3 Å². The number of sulfonamides is 1. The van der Waals surface area contributed by atoms with Crippen molar-refractivity contribution < 1.29 is 26.7 Å². The Hall–Kier alpha value is -2.72. The number of ether oxygens (including phenoxy) is 1. The standard InChI is InChI=1S/C19H23F2N3O4S/c1-4-24(5-2)29(26,27)15-8-6-13(7-9-15)23-18(25)12-22-14-10-16(20)19(28-3)17(21)11-14/h6-11,22H,4-5,12H2,1-3H3,(H,23,25). The van der Waals surface area contributed by atoms with E-state index >= 15 is 0 Å². The first-order chi connectivity index (χ1) is 13.7. The molecule has 0 fully saturated rings. The van der Waals surface area contributed by atoms with E-state index in [4.69, 9.17) is 0 Å². The number of halogens is 2. The van der Waals surface area contributed by atoms with Gasteiger partial charge in [0.2, 0.25) is 15.9 Å². The molecule has 0 aliphatic heterocycles. The van der Waals surface area contributed by atoms with Gasteiger partial charge in [0.15, 0.2) is 17.4 Å². The first-order valence-corrected chi connectivity index (χ1v) is 10.3. The number of anilines is 2. The van der Waals surface area contributed by atoms with E-state index in [1.165, 1.54) is 28.6 Å². The van der Waals surface area contributed by atoms with Crippen LogP contribution in [0.25, 0.3) is 0 Å². The van der Waals surface area contributed by atoms with Crippen LogP contribution in [0, 0.1) is 11.6 Å². The highest BCUT2D eigenvalue weighted by Gasteiger charge is 2.21. The minimum Gasteiger partial charge on any atom is -0.491 e. The fourth-order valence-corrected chi connectivity index (χ4v) is 4.13. The minimum atomic E-state index is -3.58. The van der Waals surface area contributed by atoms with Crippen molar-refractivity contribution in [2.24, 2.45) is 0 Å².